The van der Waals surface area contributed by atoms with Gasteiger partial charge in [-0.1, -0.05) is 70.1 Å². The van der Waals surface area contributed by atoms with Gasteiger partial charge < -0.3 is 29.8 Å². The smallest absolute Gasteiger partial charge is 0.263 e. The molecule has 2 aromatic rings. The first kappa shape index (κ1) is 31.6. The number of nitrogens with zero attached hydrogens (tertiary/aromatic N) is 4. The van der Waals surface area contributed by atoms with Gasteiger partial charge in [0.2, 0.25) is 9.74 Å². The lowest BCUT2D eigenvalue weighted by Crippen LogP contribution is -2.77. The SMILES string of the molecule is CN1C(=O)C2(Cc3ccc(CCc4ccc(C[C@@]56SS[C@@](CO)(C(=O)N5C)N(C)C6=O)cc4)cc3)SSC1(CO)C(=O)N2C. The van der Waals surface area contributed by atoms with Gasteiger partial charge in [-0.05, 0) is 56.7 Å². The van der Waals surface area contributed by atoms with Crippen LogP contribution in [0.1, 0.15) is 22.3 Å². The van der Waals surface area contributed by atoms with Gasteiger partial charge in [0.1, 0.15) is 0 Å². The second-order valence-corrected chi connectivity index (χ2v) is 17.1. The molecule has 44 heavy (non-hydrogen) atoms. The van der Waals surface area contributed by atoms with Gasteiger partial charge in [-0.25, -0.2) is 0 Å². The van der Waals surface area contributed by atoms with E-state index in [0.717, 1.165) is 35.1 Å². The van der Waals surface area contributed by atoms with Gasteiger partial charge in [-0.2, -0.15) is 0 Å². The predicted octanol–water partition coefficient (Wildman–Crippen LogP) is 1.98. The molecule has 6 aliphatic rings. The summed E-state index contributed by atoms with van der Waals surface area (Å²) in [6, 6.07) is 16.2. The average molecular weight is 675 g/mol. The Morgan fingerprint density at radius 1 is 0.477 bits per heavy atom. The predicted molar refractivity (Wildman–Crippen MR) is 174 cm³/mol. The maximum atomic E-state index is 13.4. The minimum atomic E-state index is -1.26. The minimum Gasteiger partial charge on any atom is -0.392 e. The number of fused-ring (bicyclic) bond motifs is 6. The van der Waals surface area contributed by atoms with Crippen LogP contribution in [-0.2, 0) is 44.9 Å². The van der Waals surface area contributed by atoms with Crippen molar-refractivity contribution in [1.82, 2.24) is 19.6 Å². The second-order valence-electron chi connectivity index (χ2n) is 11.7. The van der Waals surface area contributed by atoms with E-state index in [9.17, 15) is 29.4 Å². The topological polar surface area (TPSA) is 122 Å². The molecule has 0 aliphatic carbocycles. The van der Waals surface area contributed by atoms with Crippen LogP contribution in [0.5, 0.6) is 0 Å². The van der Waals surface area contributed by atoms with E-state index in [1.165, 1.54) is 62.8 Å². The van der Waals surface area contributed by atoms with Gasteiger partial charge >= 0.3 is 0 Å². The molecule has 6 aliphatic heterocycles. The highest BCUT2D eigenvalue weighted by Crippen LogP contribution is 2.60. The first-order chi connectivity index (χ1) is 20.9. The van der Waals surface area contributed by atoms with E-state index in [-0.39, 0.29) is 23.6 Å². The van der Waals surface area contributed by atoms with E-state index in [2.05, 4.69) is 24.3 Å². The van der Waals surface area contributed by atoms with Gasteiger partial charge in [0.05, 0.1) is 13.2 Å². The van der Waals surface area contributed by atoms with E-state index in [1.807, 2.05) is 24.3 Å². The third kappa shape index (κ3) is 4.35. The lowest BCUT2D eigenvalue weighted by atomic mass is 9.95. The summed E-state index contributed by atoms with van der Waals surface area (Å²) in [6.45, 7) is -0.853. The largest absolute Gasteiger partial charge is 0.392 e. The lowest BCUT2D eigenvalue weighted by molar-refractivity contribution is -0.165. The van der Waals surface area contributed by atoms with Crippen LogP contribution in [0, 0.1) is 0 Å². The van der Waals surface area contributed by atoms with E-state index < -0.39 is 32.7 Å². The number of hydrogen-bond acceptors (Lipinski definition) is 10. The number of aryl methyl sites for hydroxylation is 2. The Morgan fingerprint density at radius 2 is 0.727 bits per heavy atom. The van der Waals surface area contributed by atoms with Crippen LogP contribution < -0.4 is 0 Å². The Hall–Kier alpha value is -2.36. The lowest BCUT2D eigenvalue weighted by Gasteiger charge is -2.58. The number of aliphatic hydroxyl groups is 2. The van der Waals surface area contributed by atoms with Crippen LogP contribution in [0.3, 0.4) is 0 Å². The summed E-state index contributed by atoms with van der Waals surface area (Å²) in [5.41, 5.74) is 4.20. The molecule has 4 bridgehead atoms. The zero-order valence-electron chi connectivity index (χ0n) is 24.8. The van der Waals surface area contributed by atoms with Crippen molar-refractivity contribution in [3.63, 3.8) is 0 Å². The van der Waals surface area contributed by atoms with Crippen molar-refractivity contribution in [3.05, 3.63) is 70.8 Å². The molecule has 0 radical (unpaired) electrons. The highest BCUT2D eigenvalue weighted by atomic mass is 33.1. The van der Waals surface area contributed by atoms with Crippen molar-refractivity contribution in [2.24, 2.45) is 0 Å². The molecular formula is C30H34N4O6S4. The normalized spacial score (nSPS) is 31.5. The summed E-state index contributed by atoms with van der Waals surface area (Å²) in [6.07, 6.45) is 2.37. The van der Waals surface area contributed by atoms with Crippen LogP contribution >= 0.6 is 43.2 Å². The minimum absolute atomic E-state index is 0.179. The van der Waals surface area contributed by atoms with Crippen LogP contribution in [0.25, 0.3) is 0 Å². The van der Waals surface area contributed by atoms with E-state index in [1.54, 1.807) is 28.2 Å². The maximum absolute atomic E-state index is 13.4. The molecule has 6 saturated heterocycles. The highest BCUT2D eigenvalue weighted by Gasteiger charge is 2.68. The third-order valence-electron chi connectivity index (χ3n) is 9.42. The van der Waals surface area contributed by atoms with Gasteiger partial charge in [0.25, 0.3) is 23.6 Å². The van der Waals surface area contributed by atoms with E-state index in [0.29, 0.717) is 12.8 Å². The molecular weight excluding hydrogens is 641 g/mol. The zero-order valence-corrected chi connectivity index (χ0v) is 28.1. The number of piperazine rings is 2. The Morgan fingerprint density at radius 3 is 1.05 bits per heavy atom. The van der Waals surface area contributed by atoms with Crippen molar-refractivity contribution in [2.75, 3.05) is 41.4 Å². The first-order valence-electron chi connectivity index (χ1n) is 14.1. The fraction of sp³-hybridized carbons (Fsp3) is 0.467. The van der Waals surface area contributed by atoms with Crippen molar-refractivity contribution in [3.8, 4) is 0 Å². The van der Waals surface area contributed by atoms with Gasteiger partial charge in [-0.3, -0.25) is 19.2 Å². The number of hydrogen-bond donors (Lipinski definition) is 2. The van der Waals surface area contributed by atoms with Crippen molar-refractivity contribution in [1.29, 1.82) is 0 Å². The molecule has 6 fully saturated rings. The average Bonchev–Trinajstić information content (AvgIpc) is 3.04. The standard InChI is InChI=1S/C30H34N4O6S4/c1-31-25(39)29(17-35)33(3)23(37)27(31,41-43-29)15-21-11-7-19(8-12-21)5-6-20-9-13-22(14-10-20)16-28-24(38)34(4)30(18-36,44-42-28)26(40)32(28)2/h7-14,35-36H,5-6,15-18H2,1-4H3/t27-,28?,29-,30?/m0/s1. The molecule has 2 N–H and O–H groups in total. The molecule has 234 valence electrons. The van der Waals surface area contributed by atoms with Crippen molar-refractivity contribution >= 4 is 66.8 Å². The summed E-state index contributed by atoms with van der Waals surface area (Å²) in [5, 5.41) is 19.8. The quantitative estimate of drug-likeness (QED) is 0.382. The molecule has 8 rings (SSSR count). The van der Waals surface area contributed by atoms with E-state index in [4.69, 9.17) is 0 Å². The molecule has 0 saturated carbocycles. The molecule has 2 aromatic carbocycles. The molecule has 0 aromatic heterocycles. The summed E-state index contributed by atoms with van der Waals surface area (Å²) in [5.74, 6) is -0.874. The molecule has 10 nitrogen and oxygen atoms in total. The van der Waals surface area contributed by atoms with Crippen molar-refractivity contribution in [2.45, 2.75) is 45.2 Å². The number of rotatable bonds is 9. The van der Waals surface area contributed by atoms with Gasteiger partial charge in [0, 0.05) is 41.0 Å². The zero-order chi connectivity index (χ0) is 31.7. The highest BCUT2D eigenvalue weighted by molar-refractivity contribution is 8.78. The number of carbonyl (C=O) groups excluding carboxylic acids is 4. The molecule has 2 unspecified atom stereocenters. The van der Waals surface area contributed by atoms with Crippen molar-refractivity contribution < 1.29 is 29.4 Å². The van der Waals surface area contributed by atoms with Crippen LogP contribution in [0.2, 0.25) is 0 Å². The fourth-order valence-corrected chi connectivity index (χ4v) is 13.5. The summed E-state index contributed by atoms with van der Waals surface area (Å²) in [7, 11) is 11.7. The summed E-state index contributed by atoms with van der Waals surface area (Å²) >= 11 is 0. The molecule has 4 atom stereocenters. The number of amides is 4. The number of aliphatic hydroxyl groups excluding tert-OH is 2. The maximum Gasteiger partial charge on any atom is 0.263 e. The summed E-state index contributed by atoms with van der Waals surface area (Å²) in [4.78, 5) is 54.1. The fourth-order valence-electron chi connectivity index (χ4n) is 6.26. The van der Waals surface area contributed by atoms with Crippen LogP contribution in [0.4, 0.5) is 0 Å². The monoisotopic (exact) mass is 674 g/mol. The molecule has 4 amide bonds. The molecule has 14 heteroatoms. The van der Waals surface area contributed by atoms with Crippen LogP contribution in [-0.4, -0.2) is 114 Å². The molecule has 0 spiro atoms. The number of carbonyl (C=O) groups is 4. The Labute approximate surface area is 272 Å². The number of benzene rings is 2. The van der Waals surface area contributed by atoms with Crippen LogP contribution in [0.15, 0.2) is 48.5 Å². The van der Waals surface area contributed by atoms with Gasteiger partial charge in [-0.15, -0.1) is 0 Å². The Kier molecular flexibility index (Phi) is 8.02. The first-order valence-corrected chi connectivity index (χ1v) is 18.4. The Bertz CT molecular complexity index is 1410. The van der Waals surface area contributed by atoms with E-state index >= 15 is 0 Å². The molecule has 6 heterocycles. The third-order valence-corrected chi connectivity index (χ3v) is 16.8. The Balaban J connectivity index is 1.09. The van der Waals surface area contributed by atoms with Gasteiger partial charge in [0.15, 0.2) is 9.74 Å². The second kappa shape index (κ2) is 11.2. The summed E-state index contributed by atoms with van der Waals surface area (Å²) < 4.78 is 0. The number of likely N-dealkylation sites (N-methyl/N-ethyl adjacent to an activating group) is 4.